The minimum atomic E-state index is -0.605. The maximum absolute atomic E-state index is 13.5. The lowest BCUT2D eigenvalue weighted by molar-refractivity contribution is -0.122. The summed E-state index contributed by atoms with van der Waals surface area (Å²) in [7, 11) is 0. The van der Waals surface area contributed by atoms with Crippen LogP contribution in [0.1, 0.15) is 36.0 Å². The maximum Gasteiger partial charge on any atom is 0.223 e. The van der Waals surface area contributed by atoms with Crippen LogP contribution < -0.4 is 10.6 Å². The lowest BCUT2D eigenvalue weighted by Gasteiger charge is -2.19. The molecule has 0 bridgehead atoms. The molecule has 3 N–H and O–H groups in total. The summed E-state index contributed by atoms with van der Waals surface area (Å²) in [6.07, 6.45) is 3.57. The van der Waals surface area contributed by atoms with Gasteiger partial charge in [-0.15, -0.1) is 5.10 Å². The summed E-state index contributed by atoms with van der Waals surface area (Å²) in [5.41, 5.74) is 2.39. The number of fused-ring (bicyclic) bond motifs is 1. The van der Waals surface area contributed by atoms with Gasteiger partial charge in [0, 0.05) is 23.9 Å². The molecular weight excluding hydrogens is 385 g/mol. The fraction of sp³-hybridized carbons (Fsp3) is 0.238. The fourth-order valence-corrected chi connectivity index (χ4v) is 3.33. The Hall–Kier alpha value is -3.75. The normalized spacial score (nSPS) is 14.6. The third-order valence-electron chi connectivity index (χ3n) is 5.06. The molecule has 8 nitrogen and oxygen atoms in total. The largest absolute Gasteiger partial charge is 0.342 e. The first kappa shape index (κ1) is 18.3. The van der Waals surface area contributed by atoms with Crippen LogP contribution in [0.3, 0.4) is 0 Å². The molecule has 5 rings (SSSR count). The highest BCUT2D eigenvalue weighted by atomic mass is 19.1. The molecular formula is C21H20FN7O. The predicted molar refractivity (Wildman–Crippen MR) is 109 cm³/mol. The molecule has 0 aliphatic heterocycles. The van der Waals surface area contributed by atoms with Gasteiger partial charge >= 0.3 is 0 Å². The molecule has 1 aliphatic carbocycles. The topological polar surface area (TPSA) is 100 Å². The summed E-state index contributed by atoms with van der Waals surface area (Å²) in [4.78, 5) is 17.2. The Kier molecular flexibility index (Phi) is 4.42. The molecule has 1 aliphatic rings. The summed E-state index contributed by atoms with van der Waals surface area (Å²) in [6.45, 7) is 1.91. The Bertz CT molecular complexity index is 1210. The number of aromatic nitrogens is 5. The number of carbonyl (C=O) groups is 1. The molecule has 1 aromatic carbocycles. The van der Waals surface area contributed by atoms with E-state index in [2.05, 4.69) is 25.9 Å². The number of hydrogen-bond acceptors (Lipinski definition) is 5. The first-order chi connectivity index (χ1) is 14.6. The third kappa shape index (κ3) is 3.61. The predicted octanol–water partition coefficient (Wildman–Crippen LogP) is 3.26. The number of aryl methyl sites for hydroxylation is 1. The van der Waals surface area contributed by atoms with Gasteiger partial charge in [0.25, 0.3) is 0 Å². The van der Waals surface area contributed by atoms with Crippen LogP contribution in [-0.4, -0.2) is 30.7 Å². The van der Waals surface area contributed by atoms with Crippen molar-refractivity contribution < 1.29 is 9.18 Å². The molecule has 3 heterocycles. The molecule has 1 saturated carbocycles. The van der Waals surface area contributed by atoms with Gasteiger partial charge in [0.2, 0.25) is 5.91 Å². The lowest BCUT2D eigenvalue weighted by Crippen LogP contribution is -2.32. The summed E-state index contributed by atoms with van der Waals surface area (Å²) in [6, 6.07) is 11.0. The minimum absolute atomic E-state index is 0.0212. The highest BCUT2D eigenvalue weighted by molar-refractivity contribution is 5.81. The van der Waals surface area contributed by atoms with Crippen LogP contribution in [-0.2, 0) is 4.79 Å². The van der Waals surface area contributed by atoms with Crippen molar-refractivity contribution in [2.24, 2.45) is 5.92 Å². The van der Waals surface area contributed by atoms with Gasteiger partial charge in [-0.3, -0.25) is 9.89 Å². The molecule has 3 aromatic heterocycles. The standard InChI is InChI=1S/C21H20FN7O/c1-12-11-17(27-26-12)23-19-16-3-2-10-29(16)28-20(25-19)18(24-21(30)14-4-5-14)13-6-8-15(22)9-7-13/h2-3,6-11,14,18H,4-5H2,1H3,(H,24,30)(H2,23,25,26,27,28). The number of aromatic amines is 1. The Balaban J connectivity index is 1.57. The van der Waals surface area contributed by atoms with Crippen molar-refractivity contribution >= 4 is 23.1 Å². The van der Waals surface area contributed by atoms with E-state index in [1.165, 1.54) is 12.1 Å². The van der Waals surface area contributed by atoms with Gasteiger partial charge in [0.15, 0.2) is 17.5 Å². The van der Waals surface area contributed by atoms with Gasteiger partial charge in [-0.1, -0.05) is 12.1 Å². The summed E-state index contributed by atoms with van der Waals surface area (Å²) in [5.74, 6) is 1.22. The number of nitrogens with zero attached hydrogens (tertiary/aromatic N) is 4. The second-order valence-electron chi connectivity index (χ2n) is 7.49. The average Bonchev–Trinajstić information content (AvgIpc) is 3.35. The van der Waals surface area contributed by atoms with Gasteiger partial charge in [-0.05, 0) is 49.6 Å². The van der Waals surface area contributed by atoms with E-state index in [-0.39, 0.29) is 17.6 Å². The number of nitrogens with one attached hydrogen (secondary N) is 3. The van der Waals surface area contributed by atoms with Crippen LogP contribution >= 0.6 is 0 Å². The quantitative estimate of drug-likeness (QED) is 0.457. The maximum atomic E-state index is 13.5. The van der Waals surface area contributed by atoms with Gasteiger partial charge in [0.05, 0.1) is 0 Å². The van der Waals surface area contributed by atoms with E-state index >= 15 is 0 Å². The van der Waals surface area contributed by atoms with Crippen LogP contribution in [0.2, 0.25) is 0 Å². The van der Waals surface area contributed by atoms with Crippen molar-refractivity contribution in [2.45, 2.75) is 25.8 Å². The molecule has 0 spiro atoms. The monoisotopic (exact) mass is 405 g/mol. The molecule has 0 saturated heterocycles. The van der Waals surface area contributed by atoms with Crippen molar-refractivity contribution in [3.05, 3.63) is 71.6 Å². The number of H-pyrrole nitrogens is 1. The minimum Gasteiger partial charge on any atom is -0.342 e. The summed E-state index contributed by atoms with van der Waals surface area (Å²) in [5, 5.41) is 17.9. The van der Waals surface area contributed by atoms with Crippen LogP contribution in [0.25, 0.3) is 5.52 Å². The number of anilines is 2. The molecule has 152 valence electrons. The Morgan fingerprint density at radius 2 is 2.07 bits per heavy atom. The van der Waals surface area contributed by atoms with Gasteiger partial charge in [-0.25, -0.2) is 13.9 Å². The molecule has 0 radical (unpaired) electrons. The van der Waals surface area contributed by atoms with Crippen molar-refractivity contribution in [1.29, 1.82) is 0 Å². The number of carbonyl (C=O) groups excluding carboxylic acids is 1. The van der Waals surface area contributed by atoms with Gasteiger partial charge in [0.1, 0.15) is 17.4 Å². The number of rotatable bonds is 6. The SMILES string of the molecule is Cc1cc(Nc2nc(C(NC(=O)C3CC3)c3ccc(F)cc3)nn3cccc23)n[nH]1. The van der Waals surface area contributed by atoms with E-state index in [0.29, 0.717) is 23.0 Å². The second kappa shape index (κ2) is 7.25. The molecule has 1 amide bonds. The summed E-state index contributed by atoms with van der Waals surface area (Å²) >= 11 is 0. The van der Waals surface area contributed by atoms with E-state index in [9.17, 15) is 9.18 Å². The fourth-order valence-electron chi connectivity index (χ4n) is 3.33. The molecule has 1 atom stereocenters. The Labute approximate surface area is 171 Å². The number of amides is 1. The van der Waals surface area contributed by atoms with Crippen LogP contribution in [0.5, 0.6) is 0 Å². The first-order valence-corrected chi connectivity index (χ1v) is 9.77. The zero-order chi connectivity index (χ0) is 20.7. The van der Waals surface area contributed by atoms with E-state index in [1.807, 2.05) is 31.3 Å². The Morgan fingerprint density at radius 1 is 1.27 bits per heavy atom. The van der Waals surface area contributed by atoms with E-state index in [0.717, 1.165) is 24.1 Å². The zero-order valence-electron chi connectivity index (χ0n) is 16.3. The average molecular weight is 405 g/mol. The van der Waals surface area contributed by atoms with E-state index in [4.69, 9.17) is 4.98 Å². The molecule has 4 aromatic rings. The second-order valence-corrected chi connectivity index (χ2v) is 7.49. The lowest BCUT2D eigenvalue weighted by atomic mass is 10.1. The van der Waals surface area contributed by atoms with E-state index < -0.39 is 6.04 Å². The highest BCUT2D eigenvalue weighted by Crippen LogP contribution is 2.31. The van der Waals surface area contributed by atoms with Crippen LogP contribution in [0.15, 0.2) is 48.7 Å². The smallest absolute Gasteiger partial charge is 0.223 e. The number of halogens is 1. The highest BCUT2D eigenvalue weighted by Gasteiger charge is 2.32. The van der Waals surface area contributed by atoms with Crippen LogP contribution in [0, 0.1) is 18.7 Å². The van der Waals surface area contributed by atoms with Gasteiger partial charge in [-0.2, -0.15) is 5.10 Å². The summed E-state index contributed by atoms with van der Waals surface area (Å²) < 4.78 is 15.2. The molecule has 1 fully saturated rings. The van der Waals surface area contributed by atoms with Crippen molar-refractivity contribution in [3.63, 3.8) is 0 Å². The van der Waals surface area contributed by atoms with Crippen molar-refractivity contribution in [3.8, 4) is 0 Å². The molecule has 9 heteroatoms. The van der Waals surface area contributed by atoms with Crippen molar-refractivity contribution in [2.75, 3.05) is 5.32 Å². The number of benzene rings is 1. The number of hydrogen-bond donors (Lipinski definition) is 3. The van der Waals surface area contributed by atoms with E-state index in [1.54, 1.807) is 16.6 Å². The first-order valence-electron chi connectivity index (χ1n) is 9.77. The molecule has 30 heavy (non-hydrogen) atoms. The molecule has 1 unspecified atom stereocenters. The zero-order valence-corrected chi connectivity index (χ0v) is 16.3. The van der Waals surface area contributed by atoms with Gasteiger partial charge < -0.3 is 10.6 Å². The third-order valence-corrected chi connectivity index (χ3v) is 5.06. The Morgan fingerprint density at radius 3 is 2.77 bits per heavy atom. The van der Waals surface area contributed by atoms with Crippen LogP contribution in [0.4, 0.5) is 16.0 Å². The van der Waals surface area contributed by atoms with Crippen molar-refractivity contribution in [1.82, 2.24) is 30.1 Å².